The van der Waals surface area contributed by atoms with Crippen molar-refractivity contribution >= 4 is 13.7 Å². The number of unbranched alkanes of at least 4 members (excludes halogenated alkanes) is 23. The lowest BCUT2D eigenvalue weighted by Gasteiger charge is -2.29. The molecular weight excluding hydrogens is 756 g/mol. The lowest BCUT2D eigenvalue weighted by atomic mass is 10.0. The Morgan fingerprint density at radius 3 is 1.51 bits per heavy atom. The van der Waals surface area contributed by atoms with E-state index >= 15 is 0 Å². The van der Waals surface area contributed by atoms with Crippen LogP contribution < -0.4 is 10.2 Å². The average molecular weight is 849 g/mol. The van der Waals surface area contributed by atoms with Crippen LogP contribution in [0.2, 0.25) is 0 Å². The molecule has 8 nitrogen and oxygen atoms in total. The van der Waals surface area contributed by atoms with Crippen LogP contribution in [0.15, 0.2) is 60.8 Å². The number of phosphoric ester groups is 1. The molecule has 0 radical (unpaired) electrons. The summed E-state index contributed by atoms with van der Waals surface area (Å²) in [5.41, 5.74) is 0. The van der Waals surface area contributed by atoms with Crippen molar-refractivity contribution < 1.29 is 32.9 Å². The van der Waals surface area contributed by atoms with Gasteiger partial charge in [-0.05, 0) is 70.6 Å². The third-order valence-electron chi connectivity index (χ3n) is 10.5. The van der Waals surface area contributed by atoms with Crippen LogP contribution in [0.25, 0.3) is 0 Å². The number of carbonyl (C=O) groups is 1. The summed E-state index contributed by atoms with van der Waals surface area (Å²) < 4.78 is 23.2. The summed E-state index contributed by atoms with van der Waals surface area (Å²) in [5.74, 6) is -0.217. The van der Waals surface area contributed by atoms with Gasteiger partial charge in [-0.25, -0.2) is 0 Å². The van der Waals surface area contributed by atoms with Gasteiger partial charge in [0.05, 0.1) is 39.9 Å². The van der Waals surface area contributed by atoms with Crippen molar-refractivity contribution in [2.45, 2.75) is 212 Å². The molecule has 0 spiro atoms. The van der Waals surface area contributed by atoms with Gasteiger partial charge in [0.15, 0.2) is 0 Å². The molecule has 0 saturated carbocycles. The Kier molecular flexibility index (Phi) is 40.3. The van der Waals surface area contributed by atoms with Gasteiger partial charge in [0.1, 0.15) is 13.2 Å². The number of aliphatic hydroxyl groups is 1. The van der Waals surface area contributed by atoms with E-state index in [2.05, 4.69) is 67.8 Å². The molecule has 3 atom stereocenters. The molecule has 0 heterocycles. The zero-order valence-corrected chi connectivity index (χ0v) is 39.8. The van der Waals surface area contributed by atoms with E-state index in [1.807, 2.05) is 27.2 Å². The van der Waals surface area contributed by atoms with E-state index in [1.54, 1.807) is 6.08 Å². The summed E-state index contributed by atoms with van der Waals surface area (Å²) in [5, 5.41) is 13.8. The molecule has 0 aliphatic heterocycles. The summed E-state index contributed by atoms with van der Waals surface area (Å²) >= 11 is 0. The van der Waals surface area contributed by atoms with Crippen LogP contribution >= 0.6 is 7.82 Å². The highest BCUT2D eigenvalue weighted by atomic mass is 31.2. The summed E-state index contributed by atoms with van der Waals surface area (Å²) in [4.78, 5) is 25.4. The normalized spacial score (nSPS) is 14.8. The predicted octanol–water partition coefficient (Wildman–Crippen LogP) is 13.2. The van der Waals surface area contributed by atoms with Gasteiger partial charge in [0, 0.05) is 6.42 Å². The minimum absolute atomic E-state index is 0.0116. The minimum atomic E-state index is -4.60. The average Bonchev–Trinajstić information content (AvgIpc) is 3.19. The molecular formula is C50H93N2O6P. The Hall–Kier alpha value is -1.80. The molecule has 0 rings (SSSR count). The van der Waals surface area contributed by atoms with Gasteiger partial charge in [-0.3, -0.25) is 9.36 Å². The van der Waals surface area contributed by atoms with Gasteiger partial charge >= 0.3 is 0 Å². The predicted molar refractivity (Wildman–Crippen MR) is 251 cm³/mol. The van der Waals surface area contributed by atoms with Crippen molar-refractivity contribution in [2.75, 3.05) is 40.9 Å². The fourth-order valence-corrected chi connectivity index (χ4v) is 7.31. The van der Waals surface area contributed by atoms with E-state index < -0.39 is 26.6 Å². The topological polar surface area (TPSA) is 108 Å². The second-order valence-electron chi connectivity index (χ2n) is 17.5. The third kappa shape index (κ3) is 44.1. The van der Waals surface area contributed by atoms with Crippen LogP contribution in [0.5, 0.6) is 0 Å². The molecule has 0 aromatic heterocycles. The number of nitrogens with zero attached hydrogens (tertiary/aromatic N) is 1. The smallest absolute Gasteiger partial charge is 0.268 e. The molecule has 0 fully saturated rings. The molecule has 0 aromatic rings. The van der Waals surface area contributed by atoms with Gasteiger partial charge in [-0.2, -0.15) is 0 Å². The summed E-state index contributed by atoms with van der Waals surface area (Å²) in [6.07, 6.45) is 54.1. The van der Waals surface area contributed by atoms with Crippen molar-refractivity contribution in [3.05, 3.63) is 60.8 Å². The molecule has 0 aliphatic rings. The Bertz CT molecular complexity index is 1140. The highest BCUT2D eigenvalue weighted by Crippen LogP contribution is 2.38. The standard InChI is InChI=1S/C50H93N2O6P/c1-6-8-10-12-14-16-18-20-22-24-26-28-30-32-34-36-38-40-42-44-50(54)51-48(47-58-59(55,56)57-46-45-52(3,4)5)49(53)43-41-39-37-35-33-31-29-27-25-23-21-19-17-15-13-11-9-7-2/h14,16,18,20,25,27,33,35,41,43,48-49,53H,6-13,15,17,19,21-24,26,28-32,34,36-40,42,44-47H2,1-5H3,(H-,51,54,55,56)/b16-14-,20-18-,27-25+,35-33+,43-41+. The fourth-order valence-electron chi connectivity index (χ4n) is 6.59. The number of nitrogens with one attached hydrogen (secondary N) is 1. The second-order valence-corrected chi connectivity index (χ2v) is 18.9. The fraction of sp³-hybridized carbons (Fsp3) is 0.780. The Morgan fingerprint density at radius 1 is 0.593 bits per heavy atom. The first-order valence-electron chi connectivity index (χ1n) is 24.2. The zero-order chi connectivity index (χ0) is 43.6. The highest BCUT2D eigenvalue weighted by molar-refractivity contribution is 7.45. The number of amides is 1. The van der Waals surface area contributed by atoms with Crippen molar-refractivity contribution in [2.24, 2.45) is 0 Å². The third-order valence-corrected chi connectivity index (χ3v) is 11.4. The van der Waals surface area contributed by atoms with Crippen LogP contribution in [0.4, 0.5) is 0 Å². The van der Waals surface area contributed by atoms with Crippen LogP contribution in [0.3, 0.4) is 0 Å². The number of hydrogen-bond acceptors (Lipinski definition) is 6. The molecule has 59 heavy (non-hydrogen) atoms. The van der Waals surface area contributed by atoms with Gasteiger partial charge in [0.2, 0.25) is 5.91 Å². The lowest BCUT2D eigenvalue weighted by molar-refractivity contribution is -0.870. The molecule has 0 aliphatic carbocycles. The molecule has 1 amide bonds. The van der Waals surface area contributed by atoms with Crippen LogP contribution in [0, 0.1) is 0 Å². The number of quaternary nitrogens is 1. The molecule has 0 bridgehead atoms. The number of rotatable bonds is 43. The molecule has 3 unspecified atom stereocenters. The first-order chi connectivity index (χ1) is 28.5. The van der Waals surface area contributed by atoms with E-state index in [0.717, 1.165) is 51.4 Å². The Balaban J connectivity index is 4.45. The van der Waals surface area contributed by atoms with E-state index in [-0.39, 0.29) is 12.5 Å². The maximum atomic E-state index is 12.9. The number of likely N-dealkylation sites (N-methyl/N-ethyl adjacent to an activating group) is 1. The van der Waals surface area contributed by atoms with E-state index in [1.165, 1.54) is 128 Å². The second kappa shape index (κ2) is 41.5. The molecule has 9 heteroatoms. The van der Waals surface area contributed by atoms with Gasteiger partial charge in [-0.15, -0.1) is 0 Å². The molecule has 2 N–H and O–H groups in total. The number of phosphoric acid groups is 1. The Morgan fingerprint density at radius 2 is 1.00 bits per heavy atom. The van der Waals surface area contributed by atoms with E-state index in [9.17, 15) is 19.4 Å². The largest absolute Gasteiger partial charge is 0.756 e. The first-order valence-corrected chi connectivity index (χ1v) is 25.6. The number of allylic oxidation sites excluding steroid dienone is 9. The van der Waals surface area contributed by atoms with Crippen LogP contribution in [0.1, 0.15) is 200 Å². The molecule has 0 saturated heterocycles. The molecule has 344 valence electrons. The van der Waals surface area contributed by atoms with Crippen molar-refractivity contribution in [3.8, 4) is 0 Å². The van der Waals surface area contributed by atoms with Gasteiger partial charge < -0.3 is 28.8 Å². The van der Waals surface area contributed by atoms with Gasteiger partial charge in [0.25, 0.3) is 7.82 Å². The first kappa shape index (κ1) is 57.2. The van der Waals surface area contributed by atoms with Crippen LogP contribution in [-0.2, 0) is 18.4 Å². The van der Waals surface area contributed by atoms with Crippen molar-refractivity contribution in [1.29, 1.82) is 0 Å². The van der Waals surface area contributed by atoms with E-state index in [4.69, 9.17) is 9.05 Å². The zero-order valence-electron chi connectivity index (χ0n) is 38.9. The van der Waals surface area contributed by atoms with Crippen molar-refractivity contribution in [1.82, 2.24) is 5.32 Å². The van der Waals surface area contributed by atoms with Crippen LogP contribution in [-0.4, -0.2) is 68.5 Å². The summed E-state index contributed by atoms with van der Waals surface area (Å²) in [7, 11) is 1.23. The Labute approximate surface area is 364 Å². The lowest BCUT2D eigenvalue weighted by Crippen LogP contribution is -2.45. The summed E-state index contributed by atoms with van der Waals surface area (Å²) in [6, 6.07) is -0.913. The van der Waals surface area contributed by atoms with E-state index in [0.29, 0.717) is 17.4 Å². The maximum Gasteiger partial charge on any atom is 0.268 e. The number of carbonyl (C=O) groups excluding carboxylic acids is 1. The van der Waals surface area contributed by atoms with Gasteiger partial charge in [-0.1, -0.05) is 184 Å². The monoisotopic (exact) mass is 849 g/mol. The SMILES string of the molecule is CCCCC/C=C\C=C/CCCCCCCCCCCCC(=O)NC(COP(=O)([O-])OCC[N+](C)(C)C)C(O)/C=C/CC/C=C/CC/C=C/CCCCCCCCCC. The quantitative estimate of drug-likeness (QED) is 0.0208. The maximum absolute atomic E-state index is 12.9. The highest BCUT2D eigenvalue weighted by Gasteiger charge is 2.23. The number of aliphatic hydroxyl groups excluding tert-OH is 1. The minimum Gasteiger partial charge on any atom is -0.756 e. The molecule has 0 aromatic carbocycles. The number of hydrogen-bond donors (Lipinski definition) is 2. The van der Waals surface area contributed by atoms with Crippen molar-refractivity contribution in [3.63, 3.8) is 0 Å². The summed E-state index contributed by atoms with van der Waals surface area (Å²) in [6.45, 7) is 4.58.